The van der Waals surface area contributed by atoms with Gasteiger partial charge in [0, 0.05) is 59.5 Å². The van der Waals surface area contributed by atoms with Crippen molar-refractivity contribution in [2.24, 2.45) is 4.99 Å². The van der Waals surface area contributed by atoms with E-state index in [4.69, 9.17) is 35.1 Å². The van der Waals surface area contributed by atoms with Crippen molar-refractivity contribution in [3.05, 3.63) is 124 Å². The summed E-state index contributed by atoms with van der Waals surface area (Å²) in [6.07, 6.45) is 5.88. The van der Waals surface area contributed by atoms with E-state index in [0.29, 0.717) is 81.7 Å². The SMILES string of the molecule is COc1cc2c(cc1OCc1cc(COc3cc4c(cc3OC)C(=O)N3c5ccccc5C[C@H]3CN4)cc(NC(=O)CNC(=O)CNC(=O)CNC(=O)CCC(C)(C)S(C)=S)c1)N=C[C@@H]1Cc3ccccc3N1C2=O. The molecule has 0 spiro atoms. The molecule has 6 amide bonds. The van der Waals surface area contributed by atoms with Crippen molar-refractivity contribution >= 4 is 90.7 Å². The van der Waals surface area contributed by atoms with Gasteiger partial charge in [-0.2, -0.15) is 0 Å². The van der Waals surface area contributed by atoms with Gasteiger partial charge in [-0.15, -0.1) is 9.45 Å². The molecule has 0 saturated carbocycles. The number of benzene rings is 5. The van der Waals surface area contributed by atoms with Crippen molar-refractivity contribution in [1.82, 2.24) is 16.0 Å². The summed E-state index contributed by atoms with van der Waals surface area (Å²) < 4.78 is 24.1. The first-order chi connectivity index (χ1) is 36.1. The van der Waals surface area contributed by atoms with E-state index in [1.165, 1.54) is 14.2 Å². The van der Waals surface area contributed by atoms with Crippen LogP contribution >= 0.6 is 0 Å². The van der Waals surface area contributed by atoms with Crippen molar-refractivity contribution in [1.29, 1.82) is 0 Å². The van der Waals surface area contributed by atoms with Gasteiger partial charge in [-0.1, -0.05) is 61.4 Å². The Balaban J connectivity index is 0.890. The Hall–Kier alpha value is -7.84. The second kappa shape index (κ2) is 22.3. The number of methoxy groups -OCH3 is 2. The average molecular weight is 1060 g/mol. The summed E-state index contributed by atoms with van der Waals surface area (Å²) in [4.78, 5) is 87.3. The largest absolute Gasteiger partial charge is 0.493 e. The van der Waals surface area contributed by atoms with Crippen molar-refractivity contribution in [2.45, 2.75) is 69.6 Å². The number of rotatable bonds is 19. The molecule has 0 saturated heterocycles. The topological polar surface area (TPSA) is 218 Å². The summed E-state index contributed by atoms with van der Waals surface area (Å²) in [6.45, 7) is 3.35. The molecule has 0 bridgehead atoms. The van der Waals surface area contributed by atoms with Gasteiger partial charge in [-0.3, -0.25) is 38.7 Å². The van der Waals surface area contributed by atoms with E-state index in [1.807, 2.05) is 79.6 Å². The Morgan fingerprint density at radius 2 is 1.27 bits per heavy atom. The fourth-order valence-electron chi connectivity index (χ4n) is 9.44. The Bertz CT molecular complexity index is 3160. The zero-order chi connectivity index (χ0) is 53.0. The number of hydrogen-bond acceptors (Lipinski definition) is 13. The second-order valence-electron chi connectivity index (χ2n) is 19.2. The van der Waals surface area contributed by atoms with Crippen LogP contribution in [0.15, 0.2) is 96.0 Å². The molecule has 3 atom stereocenters. The van der Waals surface area contributed by atoms with Crippen molar-refractivity contribution in [3.8, 4) is 23.0 Å². The van der Waals surface area contributed by atoms with E-state index in [-0.39, 0.29) is 70.2 Å². The van der Waals surface area contributed by atoms with Crippen LogP contribution in [0.4, 0.5) is 28.4 Å². The van der Waals surface area contributed by atoms with Gasteiger partial charge in [0.05, 0.1) is 68.4 Å². The number of anilines is 4. The van der Waals surface area contributed by atoms with E-state index in [9.17, 15) is 28.8 Å². The van der Waals surface area contributed by atoms with Crippen molar-refractivity contribution in [3.63, 3.8) is 0 Å². The summed E-state index contributed by atoms with van der Waals surface area (Å²) in [5.41, 5.74) is 7.35. The summed E-state index contributed by atoms with van der Waals surface area (Å²) in [7, 11) is 2.69. The molecule has 4 aliphatic rings. The van der Waals surface area contributed by atoms with E-state index in [1.54, 1.807) is 47.5 Å². The van der Waals surface area contributed by atoms with Crippen LogP contribution < -0.4 is 55.3 Å². The van der Waals surface area contributed by atoms with Gasteiger partial charge in [0.25, 0.3) is 11.8 Å². The summed E-state index contributed by atoms with van der Waals surface area (Å²) in [5, 5.41) is 13.8. The third-order valence-corrected chi connectivity index (χ3v) is 16.8. The molecule has 0 radical (unpaired) electrons. The van der Waals surface area contributed by atoms with Gasteiger partial charge in [-0.25, -0.2) is 0 Å². The van der Waals surface area contributed by atoms with Crippen LogP contribution in [-0.2, 0) is 65.9 Å². The fraction of sp³-hybridized carbons (Fsp3) is 0.327. The standard InChI is InChI=1S/C55H58N8O10S2/c1-55(2,75(5)74)15-14-49(64)58-27-50(65)59-28-51(66)60-29-52(67)61-36-17-32(30-72-47-23-41-39(21-45(47)70-3)53(68)62-37(25-56-41)19-34-10-6-8-12-43(34)62)16-33(18-36)31-73-48-24-42-40(22-46(48)71-4)54(69)63-38(26-57-42)20-35-11-7-9-13-44(35)63/h6-13,16-18,21-25,37-38,57H,14-15,19-20,26-31H2,1-5H3,(H,58,64)(H,59,65)(H,60,66)(H,61,67)/t37-,38-,75?/m0/s1. The van der Waals surface area contributed by atoms with E-state index in [2.05, 4.69) is 26.6 Å². The maximum absolute atomic E-state index is 14.1. The zero-order valence-electron chi connectivity index (χ0n) is 42.2. The van der Waals surface area contributed by atoms with Crippen LogP contribution in [0.2, 0.25) is 0 Å². The fourth-order valence-corrected chi connectivity index (χ4v) is 10.1. The number of hydrogen-bond donors (Lipinski definition) is 5. The van der Waals surface area contributed by atoms with Gasteiger partial charge in [0.2, 0.25) is 23.6 Å². The molecular weight excluding hydrogens is 997 g/mol. The number of carbonyl (C=O) groups is 6. The minimum atomic E-state index is -0.620. The Morgan fingerprint density at radius 1 is 0.707 bits per heavy atom. The van der Waals surface area contributed by atoms with E-state index in [0.717, 1.165) is 28.9 Å². The van der Waals surface area contributed by atoms with E-state index >= 15 is 0 Å². The predicted molar refractivity (Wildman–Crippen MR) is 291 cm³/mol. The van der Waals surface area contributed by atoms with Gasteiger partial charge in [0.15, 0.2) is 23.0 Å². The number of para-hydroxylation sites is 2. The number of ether oxygens (including phenoxy) is 4. The number of carbonyl (C=O) groups excluding carboxylic acids is 6. The smallest absolute Gasteiger partial charge is 0.261 e. The summed E-state index contributed by atoms with van der Waals surface area (Å²) >= 11 is 5.38. The Morgan fingerprint density at radius 3 is 1.91 bits per heavy atom. The third-order valence-electron chi connectivity index (χ3n) is 13.7. The minimum Gasteiger partial charge on any atom is -0.493 e. The molecule has 5 N–H and O–H groups in total. The van der Waals surface area contributed by atoms with Gasteiger partial charge >= 0.3 is 0 Å². The van der Waals surface area contributed by atoms with Crippen LogP contribution in [0.3, 0.4) is 0 Å². The highest BCUT2D eigenvalue weighted by Crippen LogP contribution is 2.43. The average Bonchev–Trinajstić information content (AvgIpc) is 3.90. The number of nitrogens with one attached hydrogen (secondary N) is 5. The lowest BCUT2D eigenvalue weighted by Gasteiger charge is -2.23. The molecule has 4 aliphatic heterocycles. The molecule has 0 fully saturated rings. The van der Waals surface area contributed by atoms with Crippen LogP contribution in [0, 0.1) is 0 Å². The van der Waals surface area contributed by atoms with E-state index < -0.39 is 30.8 Å². The first-order valence-corrected chi connectivity index (χ1v) is 27.0. The maximum atomic E-state index is 14.1. The molecule has 5 aromatic rings. The highest BCUT2D eigenvalue weighted by molar-refractivity contribution is 8.29. The molecule has 1 unspecified atom stereocenters. The summed E-state index contributed by atoms with van der Waals surface area (Å²) in [6, 6.07) is 27.4. The number of aliphatic imine (C=N–C) groups is 1. The molecule has 390 valence electrons. The summed E-state index contributed by atoms with van der Waals surface area (Å²) in [5.74, 6) is -1.02. The number of nitrogens with zero attached hydrogens (tertiary/aromatic N) is 3. The molecule has 5 aromatic carbocycles. The second-order valence-corrected chi connectivity index (χ2v) is 22.7. The molecule has 18 nitrogen and oxygen atoms in total. The van der Waals surface area contributed by atoms with Gasteiger partial charge in [-0.05, 0) is 83.8 Å². The molecule has 9 rings (SSSR count). The molecule has 4 heterocycles. The number of amides is 6. The van der Waals surface area contributed by atoms with Crippen LogP contribution in [0.5, 0.6) is 23.0 Å². The number of fused-ring (bicyclic) bond motifs is 8. The molecule has 0 aromatic heterocycles. The first kappa shape index (κ1) is 52.0. The molecule has 0 aliphatic carbocycles. The first-order valence-electron chi connectivity index (χ1n) is 24.5. The highest BCUT2D eigenvalue weighted by Gasteiger charge is 2.39. The normalized spacial score (nSPS) is 16.3. The third kappa shape index (κ3) is 11.6. The molecule has 20 heteroatoms. The van der Waals surface area contributed by atoms with Gasteiger partial charge in [0.1, 0.15) is 13.2 Å². The maximum Gasteiger partial charge on any atom is 0.261 e. The minimum absolute atomic E-state index is 0.00928. The van der Waals surface area contributed by atoms with Crippen LogP contribution in [0.25, 0.3) is 0 Å². The zero-order valence-corrected chi connectivity index (χ0v) is 43.8. The van der Waals surface area contributed by atoms with Gasteiger partial charge < -0.3 is 50.4 Å². The van der Waals surface area contributed by atoms with Crippen molar-refractivity contribution < 1.29 is 47.7 Å². The Labute approximate surface area is 441 Å². The molecular formula is C55H58N8O10S2. The lowest BCUT2D eigenvalue weighted by molar-refractivity contribution is -0.128. The molecule has 75 heavy (non-hydrogen) atoms. The quantitative estimate of drug-likeness (QED) is 0.0673. The lowest BCUT2D eigenvalue weighted by Crippen LogP contribution is -2.43. The van der Waals surface area contributed by atoms with Crippen molar-refractivity contribution in [2.75, 3.05) is 67.1 Å². The van der Waals surface area contributed by atoms with Crippen LogP contribution in [-0.4, -0.2) is 105 Å². The lowest BCUT2D eigenvalue weighted by atomic mass is 10.1. The highest BCUT2D eigenvalue weighted by atomic mass is 32.8. The predicted octanol–water partition coefficient (Wildman–Crippen LogP) is 5.70. The monoisotopic (exact) mass is 1050 g/mol. The Kier molecular flexibility index (Phi) is 15.5. The van der Waals surface area contributed by atoms with Crippen LogP contribution in [0.1, 0.15) is 69.7 Å².